The maximum atomic E-state index is 13.2. The van der Waals surface area contributed by atoms with E-state index < -0.39 is 0 Å². The third-order valence-electron chi connectivity index (χ3n) is 2.97. The van der Waals surface area contributed by atoms with Gasteiger partial charge in [-0.2, -0.15) is 0 Å². The predicted octanol–water partition coefficient (Wildman–Crippen LogP) is 2.54. The lowest BCUT2D eigenvalue weighted by Gasteiger charge is -2.19. The molecule has 102 valence electrons. The Morgan fingerprint density at radius 2 is 2.32 bits per heavy atom. The molecule has 0 aliphatic carbocycles. The van der Waals surface area contributed by atoms with Crippen LogP contribution >= 0.6 is 0 Å². The molecule has 4 nitrogen and oxygen atoms in total. The summed E-state index contributed by atoms with van der Waals surface area (Å²) in [6.45, 7) is 3.43. The van der Waals surface area contributed by atoms with E-state index in [1.54, 1.807) is 18.6 Å². The largest absolute Gasteiger partial charge is 0.375 e. The van der Waals surface area contributed by atoms with Crippen molar-refractivity contribution in [1.82, 2.24) is 9.55 Å². The molecule has 2 aromatic rings. The predicted molar refractivity (Wildman–Crippen MR) is 74.3 cm³/mol. The van der Waals surface area contributed by atoms with Gasteiger partial charge in [0.2, 0.25) is 0 Å². The average Bonchev–Trinajstić information content (AvgIpc) is 2.85. The Hall–Kier alpha value is -1.88. The average molecular weight is 262 g/mol. The number of rotatable bonds is 6. The van der Waals surface area contributed by atoms with Gasteiger partial charge in [-0.25, -0.2) is 9.37 Å². The highest BCUT2D eigenvalue weighted by atomic mass is 19.1. The number of benzene rings is 1. The molecule has 0 saturated carbocycles. The molecule has 19 heavy (non-hydrogen) atoms. The van der Waals surface area contributed by atoms with Gasteiger partial charge in [-0.3, -0.25) is 0 Å². The number of aryl methyl sites for hydroxylation is 1. The summed E-state index contributed by atoms with van der Waals surface area (Å²) < 4.78 is 15.2. The second kappa shape index (κ2) is 6.33. The number of imidazole rings is 1. The molecule has 5 heteroatoms. The van der Waals surface area contributed by atoms with Gasteiger partial charge in [0.05, 0.1) is 24.3 Å². The molecular formula is C14H19FN4. The van der Waals surface area contributed by atoms with Crippen LogP contribution in [0.25, 0.3) is 0 Å². The van der Waals surface area contributed by atoms with Crippen LogP contribution in [0.4, 0.5) is 10.1 Å². The Labute approximate surface area is 112 Å². The van der Waals surface area contributed by atoms with Crippen LogP contribution in [0, 0.1) is 5.82 Å². The third-order valence-corrected chi connectivity index (χ3v) is 2.97. The summed E-state index contributed by atoms with van der Waals surface area (Å²) in [6, 6.07) is 6.31. The fraction of sp³-hybridized carbons (Fsp3) is 0.357. The molecule has 1 aromatic carbocycles. The van der Waals surface area contributed by atoms with Crippen molar-refractivity contribution in [2.45, 2.75) is 25.9 Å². The fourth-order valence-corrected chi connectivity index (χ4v) is 2.08. The number of aromatic nitrogens is 2. The smallest absolute Gasteiger partial charge is 0.125 e. The van der Waals surface area contributed by atoms with Gasteiger partial charge in [0.1, 0.15) is 5.82 Å². The molecule has 1 aromatic heterocycles. The van der Waals surface area contributed by atoms with Crippen LogP contribution in [0.2, 0.25) is 0 Å². The number of hydrogen-bond donors (Lipinski definition) is 2. The summed E-state index contributed by atoms with van der Waals surface area (Å²) in [4.78, 5) is 4.16. The Morgan fingerprint density at radius 3 is 3.00 bits per heavy atom. The normalized spacial score (nSPS) is 12.4. The van der Waals surface area contributed by atoms with E-state index in [2.05, 4.69) is 21.8 Å². The van der Waals surface area contributed by atoms with E-state index in [1.807, 2.05) is 6.07 Å². The first-order chi connectivity index (χ1) is 9.24. The number of nitrogens with zero attached hydrogens (tertiary/aromatic N) is 2. The van der Waals surface area contributed by atoms with Crippen LogP contribution in [-0.2, 0) is 6.54 Å². The maximum absolute atomic E-state index is 13.2. The molecule has 3 N–H and O–H groups in total. The van der Waals surface area contributed by atoms with Crippen LogP contribution in [0.15, 0.2) is 36.8 Å². The molecule has 0 radical (unpaired) electrons. The monoisotopic (exact) mass is 262 g/mol. The van der Waals surface area contributed by atoms with Crippen LogP contribution in [0.3, 0.4) is 0 Å². The zero-order chi connectivity index (χ0) is 13.7. The number of halogens is 1. The van der Waals surface area contributed by atoms with E-state index in [-0.39, 0.29) is 11.9 Å². The highest BCUT2D eigenvalue weighted by Gasteiger charge is 2.14. The zero-order valence-corrected chi connectivity index (χ0v) is 11.0. The van der Waals surface area contributed by atoms with Crippen molar-refractivity contribution in [3.8, 4) is 0 Å². The lowest BCUT2D eigenvalue weighted by Crippen LogP contribution is -2.23. The first-order valence-corrected chi connectivity index (χ1v) is 6.46. The Bertz CT molecular complexity index is 524. The molecule has 0 spiro atoms. The van der Waals surface area contributed by atoms with Crippen molar-refractivity contribution in [1.29, 1.82) is 0 Å². The summed E-state index contributed by atoms with van der Waals surface area (Å²) in [6.07, 6.45) is 4.63. The van der Waals surface area contributed by atoms with Gasteiger partial charge in [-0.15, -0.1) is 0 Å². The van der Waals surface area contributed by atoms with Crippen molar-refractivity contribution in [3.05, 3.63) is 48.3 Å². The Kier molecular flexibility index (Phi) is 4.52. The number of hydrogen-bond acceptors (Lipinski definition) is 3. The zero-order valence-electron chi connectivity index (χ0n) is 11.0. The fourth-order valence-electron chi connectivity index (χ4n) is 2.08. The van der Waals surface area contributed by atoms with E-state index in [0.717, 1.165) is 24.3 Å². The highest BCUT2D eigenvalue weighted by molar-refractivity contribution is 5.45. The van der Waals surface area contributed by atoms with Crippen molar-refractivity contribution in [2.24, 2.45) is 5.73 Å². The minimum absolute atomic E-state index is 0.0733. The van der Waals surface area contributed by atoms with E-state index in [0.29, 0.717) is 6.54 Å². The molecule has 1 heterocycles. The molecule has 2 rings (SSSR count). The molecule has 1 atom stereocenters. The molecule has 0 fully saturated rings. The summed E-state index contributed by atoms with van der Waals surface area (Å²) in [5.41, 5.74) is 7.56. The van der Waals surface area contributed by atoms with E-state index in [4.69, 9.17) is 5.73 Å². The Morgan fingerprint density at radius 1 is 1.47 bits per heavy atom. The van der Waals surface area contributed by atoms with Crippen molar-refractivity contribution >= 4 is 5.69 Å². The minimum Gasteiger partial charge on any atom is -0.375 e. The summed E-state index contributed by atoms with van der Waals surface area (Å²) in [5.74, 6) is -0.261. The topological polar surface area (TPSA) is 55.9 Å². The Balaban J connectivity index is 2.18. The van der Waals surface area contributed by atoms with Crippen LogP contribution in [-0.4, -0.2) is 16.1 Å². The van der Waals surface area contributed by atoms with Gasteiger partial charge in [-0.05, 0) is 24.6 Å². The van der Waals surface area contributed by atoms with Gasteiger partial charge in [0.15, 0.2) is 0 Å². The molecule has 0 aliphatic heterocycles. The third kappa shape index (κ3) is 3.32. The van der Waals surface area contributed by atoms with Gasteiger partial charge in [0.25, 0.3) is 0 Å². The number of nitrogens with one attached hydrogen (secondary N) is 1. The SMILES string of the molecule is CCCn1cncc1C(CN)Nc1cccc(F)c1. The number of nitrogens with two attached hydrogens (primary N) is 1. The highest BCUT2D eigenvalue weighted by Crippen LogP contribution is 2.19. The maximum Gasteiger partial charge on any atom is 0.125 e. The standard InChI is InChI=1S/C14H19FN4/c1-2-6-19-10-17-9-14(19)13(8-16)18-12-5-3-4-11(15)7-12/h3-5,7,9-10,13,18H,2,6,8,16H2,1H3. The van der Waals surface area contributed by atoms with Crippen molar-refractivity contribution < 1.29 is 4.39 Å². The van der Waals surface area contributed by atoms with Gasteiger partial charge >= 0.3 is 0 Å². The summed E-state index contributed by atoms with van der Waals surface area (Å²) in [7, 11) is 0. The van der Waals surface area contributed by atoms with Gasteiger partial charge in [-0.1, -0.05) is 13.0 Å². The quantitative estimate of drug-likeness (QED) is 0.841. The molecule has 0 aliphatic rings. The molecule has 0 saturated heterocycles. The second-order valence-electron chi connectivity index (χ2n) is 4.45. The summed E-state index contributed by atoms with van der Waals surface area (Å²) >= 11 is 0. The van der Waals surface area contributed by atoms with Crippen LogP contribution in [0.1, 0.15) is 25.1 Å². The molecule has 1 unspecified atom stereocenters. The lowest BCUT2D eigenvalue weighted by molar-refractivity contribution is 0.611. The number of anilines is 1. The van der Waals surface area contributed by atoms with Gasteiger partial charge in [0, 0.05) is 18.8 Å². The van der Waals surface area contributed by atoms with E-state index >= 15 is 0 Å². The lowest BCUT2D eigenvalue weighted by atomic mass is 10.2. The van der Waals surface area contributed by atoms with E-state index in [1.165, 1.54) is 12.1 Å². The van der Waals surface area contributed by atoms with E-state index in [9.17, 15) is 4.39 Å². The molecule has 0 amide bonds. The first kappa shape index (κ1) is 13.5. The van der Waals surface area contributed by atoms with Gasteiger partial charge < -0.3 is 15.6 Å². The molecule has 0 bridgehead atoms. The second-order valence-corrected chi connectivity index (χ2v) is 4.45. The molecular weight excluding hydrogens is 243 g/mol. The van der Waals surface area contributed by atoms with Crippen LogP contribution in [0.5, 0.6) is 0 Å². The van der Waals surface area contributed by atoms with Crippen molar-refractivity contribution in [3.63, 3.8) is 0 Å². The minimum atomic E-state index is -0.261. The first-order valence-electron chi connectivity index (χ1n) is 6.46. The van der Waals surface area contributed by atoms with Crippen LogP contribution < -0.4 is 11.1 Å². The van der Waals surface area contributed by atoms with Crippen molar-refractivity contribution in [2.75, 3.05) is 11.9 Å². The summed E-state index contributed by atoms with van der Waals surface area (Å²) in [5, 5.41) is 3.24.